The molecule has 1 heterocycles. The molecule has 1 saturated heterocycles. The predicted octanol–water partition coefficient (Wildman–Crippen LogP) is 3.25. The normalized spacial score (nSPS) is 14.7. The van der Waals surface area contributed by atoms with Crippen LogP contribution in [0.3, 0.4) is 0 Å². The van der Waals surface area contributed by atoms with Crippen LogP contribution in [0.15, 0.2) is 48.5 Å². The first-order valence-corrected chi connectivity index (χ1v) is 9.34. The number of ketones is 1. The molecule has 0 aliphatic carbocycles. The van der Waals surface area contributed by atoms with Gasteiger partial charge in [0.2, 0.25) is 5.91 Å². The molecule has 1 fully saturated rings. The average Bonchev–Trinajstić information content (AvgIpc) is 2.70. The van der Waals surface area contributed by atoms with Crippen molar-refractivity contribution in [1.29, 1.82) is 0 Å². The van der Waals surface area contributed by atoms with E-state index in [4.69, 9.17) is 0 Å². The molecule has 0 unspecified atom stereocenters. The highest BCUT2D eigenvalue weighted by Crippen LogP contribution is 2.19. The molecule has 0 radical (unpaired) electrons. The van der Waals surface area contributed by atoms with E-state index in [0.29, 0.717) is 11.3 Å². The summed E-state index contributed by atoms with van der Waals surface area (Å²) in [5.74, 6) is -0.0687. The number of carbonyl (C=O) groups excluding carboxylic acids is 2. The van der Waals surface area contributed by atoms with Crippen LogP contribution in [0.2, 0.25) is 0 Å². The van der Waals surface area contributed by atoms with Gasteiger partial charge in [0.15, 0.2) is 5.78 Å². The number of Topliss-reactive ketones (excluding diaryl/α,β-unsaturated/α-hetero) is 1. The van der Waals surface area contributed by atoms with Crippen molar-refractivity contribution >= 4 is 23.1 Å². The maximum absolute atomic E-state index is 12.2. The highest BCUT2D eigenvalue weighted by Gasteiger charge is 2.19. The van der Waals surface area contributed by atoms with E-state index in [0.717, 1.165) is 31.9 Å². The second kappa shape index (κ2) is 9.47. The van der Waals surface area contributed by atoms with Crippen LogP contribution >= 0.6 is 0 Å². The number of piperazine rings is 1. The van der Waals surface area contributed by atoms with E-state index in [9.17, 15) is 18.4 Å². The number of halogens is 2. The summed E-state index contributed by atoms with van der Waals surface area (Å²) in [5, 5.41) is 2.76. The van der Waals surface area contributed by atoms with Gasteiger partial charge in [-0.15, -0.1) is 0 Å². The predicted molar refractivity (Wildman–Crippen MR) is 107 cm³/mol. The summed E-state index contributed by atoms with van der Waals surface area (Å²) in [6.07, 6.45) is 0. The number of nitrogens with zero attached hydrogens (tertiary/aromatic N) is 2. The lowest BCUT2D eigenvalue weighted by Crippen LogP contribution is -2.48. The van der Waals surface area contributed by atoms with Gasteiger partial charge in [0.25, 0.3) is 0 Å². The summed E-state index contributed by atoms with van der Waals surface area (Å²) in [6.45, 7) is 1.97. The Hall–Kier alpha value is -3.00. The number of ether oxygens (including phenoxy) is 1. The molecule has 154 valence electrons. The third kappa shape index (κ3) is 5.99. The van der Waals surface area contributed by atoms with E-state index < -0.39 is 6.61 Å². The van der Waals surface area contributed by atoms with E-state index >= 15 is 0 Å². The van der Waals surface area contributed by atoms with Crippen LogP contribution in [0.25, 0.3) is 0 Å². The SMILES string of the molecule is CC(=O)c1ccc(N2CCN(CC(=O)Nc3ccc(OC(F)F)cc3)CC2)cc1. The molecule has 1 aliphatic rings. The van der Waals surface area contributed by atoms with Gasteiger partial charge in [0, 0.05) is 43.1 Å². The fourth-order valence-corrected chi connectivity index (χ4v) is 3.19. The highest BCUT2D eigenvalue weighted by molar-refractivity contribution is 5.94. The topological polar surface area (TPSA) is 61.9 Å². The lowest BCUT2D eigenvalue weighted by atomic mass is 10.1. The van der Waals surface area contributed by atoms with Gasteiger partial charge in [-0.05, 0) is 55.5 Å². The van der Waals surface area contributed by atoms with Crippen molar-refractivity contribution in [2.24, 2.45) is 0 Å². The van der Waals surface area contributed by atoms with E-state index in [1.807, 2.05) is 24.3 Å². The van der Waals surface area contributed by atoms with Gasteiger partial charge in [0.1, 0.15) is 5.75 Å². The van der Waals surface area contributed by atoms with Gasteiger partial charge in [-0.25, -0.2) is 0 Å². The Morgan fingerprint density at radius 2 is 1.62 bits per heavy atom. The molecule has 1 amide bonds. The minimum atomic E-state index is -2.87. The number of nitrogens with one attached hydrogen (secondary N) is 1. The van der Waals surface area contributed by atoms with E-state index in [1.54, 1.807) is 6.92 Å². The fraction of sp³-hybridized carbons (Fsp3) is 0.333. The molecule has 2 aromatic carbocycles. The minimum absolute atomic E-state index is 0.0450. The molecule has 1 aliphatic heterocycles. The van der Waals surface area contributed by atoms with Crippen molar-refractivity contribution in [3.05, 3.63) is 54.1 Å². The van der Waals surface area contributed by atoms with Gasteiger partial charge in [-0.1, -0.05) is 0 Å². The summed E-state index contributed by atoms with van der Waals surface area (Å²) >= 11 is 0. The summed E-state index contributed by atoms with van der Waals surface area (Å²) in [7, 11) is 0. The van der Waals surface area contributed by atoms with Crippen molar-refractivity contribution < 1.29 is 23.1 Å². The second-order valence-corrected chi connectivity index (χ2v) is 6.82. The zero-order valence-corrected chi connectivity index (χ0v) is 16.1. The second-order valence-electron chi connectivity index (χ2n) is 6.82. The zero-order valence-electron chi connectivity index (χ0n) is 16.1. The molecule has 8 heteroatoms. The number of alkyl halides is 2. The van der Waals surface area contributed by atoms with Crippen molar-refractivity contribution in [3.63, 3.8) is 0 Å². The van der Waals surface area contributed by atoms with Gasteiger partial charge < -0.3 is 15.0 Å². The molecule has 0 spiro atoms. The number of anilines is 2. The van der Waals surface area contributed by atoms with Crippen molar-refractivity contribution in [2.75, 3.05) is 42.9 Å². The van der Waals surface area contributed by atoms with Crippen LogP contribution in [0.1, 0.15) is 17.3 Å². The molecule has 1 N–H and O–H groups in total. The molecular weight excluding hydrogens is 380 g/mol. The number of amides is 1. The quantitative estimate of drug-likeness (QED) is 0.719. The summed E-state index contributed by atoms with van der Waals surface area (Å²) in [6, 6.07) is 13.4. The van der Waals surface area contributed by atoms with Gasteiger partial charge in [0.05, 0.1) is 6.54 Å². The maximum Gasteiger partial charge on any atom is 0.387 e. The molecule has 0 aromatic heterocycles. The number of hydrogen-bond donors (Lipinski definition) is 1. The highest BCUT2D eigenvalue weighted by atomic mass is 19.3. The number of benzene rings is 2. The summed E-state index contributed by atoms with van der Waals surface area (Å²) in [4.78, 5) is 27.9. The molecule has 6 nitrogen and oxygen atoms in total. The molecule has 3 rings (SSSR count). The van der Waals surface area contributed by atoms with Crippen molar-refractivity contribution in [2.45, 2.75) is 13.5 Å². The van der Waals surface area contributed by atoms with Crippen molar-refractivity contribution in [1.82, 2.24) is 4.90 Å². The molecule has 29 heavy (non-hydrogen) atoms. The van der Waals surface area contributed by atoms with E-state index in [1.165, 1.54) is 24.3 Å². The van der Waals surface area contributed by atoms with Crippen molar-refractivity contribution in [3.8, 4) is 5.75 Å². The van der Waals surface area contributed by atoms with E-state index in [-0.39, 0.29) is 24.0 Å². The third-order valence-corrected chi connectivity index (χ3v) is 4.74. The minimum Gasteiger partial charge on any atom is -0.435 e. The Kier molecular flexibility index (Phi) is 6.77. The monoisotopic (exact) mass is 403 g/mol. The molecule has 0 saturated carbocycles. The fourth-order valence-electron chi connectivity index (χ4n) is 3.19. The van der Waals surface area contributed by atoms with Gasteiger partial charge in [-0.3, -0.25) is 14.5 Å². The first kappa shape index (κ1) is 20.7. The summed E-state index contributed by atoms with van der Waals surface area (Å²) < 4.78 is 28.6. The standard InChI is InChI=1S/C21H23F2N3O3/c1-15(27)16-2-6-18(7-3-16)26-12-10-25(11-13-26)14-20(28)24-17-4-8-19(9-5-17)29-21(22)23/h2-9,21H,10-14H2,1H3,(H,24,28). The largest absolute Gasteiger partial charge is 0.435 e. The van der Waals surface area contributed by atoms with Crippen LogP contribution in [0.4, 0.5) is 20.2 Å². The third-order valence-electron chi connectivity index (χ3n) is 4.74. The van der Waals surface area contributed by atoms with Crippen LogP contribution in [-0.2, 0) is 4.79 Å². The molecule has 2 aromatic rings. The Labute approximate surface area is 168 Å². The smallest absolute Gasteiger partial charge is 0.387 e. The lowest BCUT2D eigenvalue weighted by Gasteiger charge is -2.35. The molecular formula is C21H23F2N3O3. The average molecular weight is 403 g/mol. The molecule has 0 bridgehead atoms. The number of hydrogen-bond acceptors (Lipinski definition) is 5. The van der Waals surface area contributed by atoms with Gasteiger partial charge >= 0.3 is 6.61 Å². The van der Waals surface area contributed by atoms with E-state index in [2.05, 4.69) is 19.9 Å². The number of rotatable bonds is 7. The van der Waals surface area contributed by atoms with Gasteiger partial charge in [-0.2, -0.15) is 8.78 Å². The lowest BCUT2D eigenvalue weighted by molar-refractivity contribution is -0.117. The first-order valence-electron chi connectivity index (χ1n) is 9.34. The Morgan fingerprint density at radius 3 is 2.17 bits per heavy atom. The zero-order chi connectivity index (χ0) is 20.8. The van der Waals surface area contributed by atoms with Crippen LogP contribution in [0.5, 0.6) is 5.75 Å². The van der Waals surface area contributed by atoms with Crippen LogP contribution in [0, 0.1) is 0 Å². The van der Waals surface area contributed by atoms with Crippen LogP contribution < -0.4 is 15.0 Å². The Balaban J connectivity index is 1.45. The van der Waals surface area contributed by atoms with Crippen LogP contribution in [-0.4, -0.2) is 55.9 Å². The molecule has 0 atom stereocenters. The Morgan fingerprint density at radius 1 is 1.00 bits per heavy atom. The summed E-state index contributed by atoms with van der Waals surface area (Å²) in [5.41, 5.74) is 2.28. The Bertz CT molecular complexity index is 833. The first-order chi connectivity index (χ1) is 13.9. The number of carbonyl (C=O) groups is 2. The maximum atomic E-state index is 12.2.